The van der Waals surface area contributed by atoms with E-state index < -0.39 is 0 Å². The van der Waals surface area contributed by atoms with Crippen LogP contribution in [0.2, 0.25) is 5.02 Å². The fourth-order valence-electron chi connectivity index (χ4n) is 3.07. The monoisotopic (exact) mass is 370 g/mol. The van der Waals surface area contributed by atoms with Crippen LogP contribution in [0.3, 0.4) is 0 Å². The van der Waals surface area contributed by atoms with Crippen LogP contribution in [-0.4, -0.2) is 20.6 Å². The van der Waals surface area contributed by atoms with Gasteiger partial charge in [-0.15, -0.1) is 0 Å². The minimum absolute atomic E-state index is 0.140. The number of aromatic nitrogens is 2. The van der Waals surface area contributed by atoms with Crippen LogP contribution in [0.5, 0.6) is 0 Å². The molecular formula is C19H15ClN2O2S. The van der Waals surface area contributed by atoms with Crippen molar-refractivity contribution >= 4 is 40.0 Å². The molecule has 0 aliphatic heterocycles. The number of carbonyl (C=O) groups excluding carboxylic acids is 1. The van der Waals surface area contributed by atoms with Gasteiger partial charge in [0, 0.05) is 11.4 Å². The molecule has 25 heavy (non-hydrogen) atoms. The van der Waals surface area contributed by atoms with Crippen LogP contribution in [0.15, 0.2) is 58.5 Å². The van der Waals surface area contributed by atoms with Crippen molar-refractivity contribution in [2.75, 3.05) is 0 Å². The Bertz CT molecular complexity index is 1030. The second-order valence-corrected chi connectivity index (χ2v) is 7.60. The second kappa shape index (κ2) is 6.65. The Kier molecular flexibility index (Phi) is 4.36. The van der Waals surface area contributed by atoms with Crippen LogP contribution in [-0.2, 0) is 4.79 Å². The van der Waals surface area contributed by atoms with Gasteiger partial charge >= 0.3 is 0 Å². The molecule has 0 amide bonds. The number of nitrogens with zero attached hydrogens (tertiary/aromatic N) is 2. The summed E-state index contributed by atoms with van der Waals surface area (Å²) in [5.74, 6) is 0.227. The number of ketones is 1. The van der Waals surface area contributed by atoms with Crippen LogP contribution in [0.4, 0.5) is 0 Å². The Morgan fingerprint density at radius 2 is 1.96 bits per heavy atom. The molecule has 126 valence electrons. The summed E-state index contributed by atoms with van der Waals surface area (Å²) < 4.78 is 1.56. The summed E-state index contributed by atoms with van der Waals surface area (Å²) >= 11 is 7.49. The molecule has 1 aliphatic carbocycles. The van der Waals surface area contributed by atoms with Crippen LogP contribution in [0.1, 0.15) is 19.3 Å². The number of hydrogen-bond acceptors (Lipinski definition) is 4. The number of para-hydroxylation sites is 1. The predicted molar refractivity (Wildman–Crippen MR) is 101 cm³/mol. The summed E-state index contributed by atoms with van der Waals surface area (Å²) in [6, 6.07) is 14.4. The summed E-state index contributed by atoms with van der Waals surface area (Å²) in [5.41, 5.74) is 1.14. The lowest BCUT2D eigenvalue weighted by molar-refractivity contribution is -0.116. The molecule has 1 saturated carbocycles. The maximum absolute atomic E-state index is 13.1. The van der Waals surface area contributed by atoms with Crippen molar-refractivity contribution < 1.29 is 4.79 Å². The molecule has 0 radical (unpaired) electrons. The van der Waals surface area contributed by atoms with Crippen LogP contribution >= 0.6 is 23.4 Å². The molecule has 1 atom stereocenters. The van der Waals surface area contributed by atoms with Gasteiger partial charge in [0.2, 0.25) is 0 Å². The first-order valence-electron chi connectivity index (χ1n) is 8.10. The third kappa shape index (κ3) is 3.10. The van der Waals surface area contributed by atoms with E-state index in [4.69, 9.17) is 11.6 Å². The van der Waals surface area contributed by atoms with E-state index in [1.54, 1.807) is 28.8 Å². The minimum atomic E-state index is -0.152. The van der Waals surface area contributed by atoms with E-state index in [9.17, 15) is 9.59 Å². The number of thioether (sulfide) groups is 1. The van der Waals surface area contributed by atoms with Gasteiger partial charge in [0.15, 0.2) is 5.16 Å². The van der Waals surface area contributed by atoms with Crippen molar-refractivity contribution in [2.24, 2.45) is 0 Å². The molecule has 0 spiro atoms. The molecular weight excluding hydrogens is 356 g/mol. The molecule has 2 aromatic carbocycles. The third-order valence-electron chi connectivity index (χ3n) is 4.31. The summed E-state index contributed by atoms with van der Waals surface area (Å²) in [4.78, 5) is 29.8. The van der Waals surface area contributed by atoms with E-state index in [2.05, 4.69) is 4.98 Å². The van der Waals surface area contributed by atoms with Gasteiger partial charge in [-0.3, -0.25) is 14.2 Å². The number of hydrogen-bond donors (Lipinski definition) is 0. The van der Waals surface area contributed by atoms with Crippen LogP contribution in [0, 0.1) is 0 Å². The van der Waals surface area contributed by atoms with Crippen molar-refractivity contribution in [1.29, 1.82) is 0 Å². The smallest absolute Gasteiger partial charge is 0.266 e. The topological polar surface area (TPSA) is 52.0 Å². The van der Waals surface area contributed by atoms with Crippen LogP contribution in [0.25, 0.3) is 16.6 Å². The Labute approximate surface area is 153 Å². The molecule has 3 aromatic rings. The highest BCUT2D eigenvalue weighted by Gasteiger charge is 2.27. The number of rotatable bonds is 3. The molecule has 0 unspecified atom stereocenters. The van der Waals surface area contributed by atoms with Gasteiger partial charge in [0.05, 0.1) is 21.8 Å². The largest absolute Gasteiger partial charge is 0.298 e. The number of fused-ring (bicyclic) bond motifs is 1. The fraction of sp³-hybridized carbons (Fsp3) is 0.211. The van der Waals surface area contributed by atoms with E-state index >= 15 is 0 Å². The highest BCUT2D eigenvalue weighted by Crippen LogP contribution is 2.33. The molecule has 1 heterocycles. The average Bonchev–Trinajstić information content (AvgIpc) is 3.00. The highest BCUT2D eigenvalue weighted by atomic mass is 35.5. The SMILES string of the molecule is O=C1CCC[C@H]1Sc1nc2ccccc2c(=O)n1-c1cccc(Cl)c1. The zero-order chi connectivity index (χ0) is 17.4. The van der Waals surface area contributed by atoms with Crippen molar-refractivity contribution in [3.63, 3.8) is 0 Å². The molecule has 0 saturated heterocycles. The number of Topliss-reactive ketones (excluding diaryl/α,β-unsaturated/α-hetero) is 1. The molecule has 4 nitrogen and oxygen atoms in total. The van der Waals surface area contributed by atoms with Gasteiger partial charge in [0.1, 0.15) is 5.78 Å². The Balaban J connectivity index is 1.94. The Morgan fingerprint density at radius 1 is 1.12 bits per heavy atom. The second-order valence-electron chi connectivity index (χ2n) is 6.00. The lowest BCUT2D eigenvalue weighted by Crippen LogP contribution is -2.23. The van der Waals surface area contributed by atoms with Crippen LogP contribution < -0.4 is 5.56 Å². The van der Waals surface area contributed by atoms with E-state index in [-0.39, 0.29) is 16.6 Å². The third-order valence-corrected chi connectivity index (χ3v) is 5.81. The Morgan fingerprint density at radius 3 is 2.72 bits per heavy atom. The van der Waals surface area contributed by atoms with Crippen molar-refractivity contribution in [3.8, 4) is 5.69 Å². The van der Waals surface area contributed by atoms with Gasteiger partial charge in [-0.25, -0.2) is 4.98 Å². The number of carbonyl (C=O) groups is 1. The first-order chi connectivity index (χ1) is 12.1. The zero-order valence-corrected chi connectivity index (χ0v) is 14.9. The Hall–Kier alpha value is -2.11. The normalized spacial score (nSPS) is 17.3. The molecule has 0 bridgehead atoms. The summed E-state index contributed by atoms with van der Waals surface area (Å²) in [6.07, 6.45) is 2.32. The van der Waals surface area contributed by atoms with E-state index in [0.717, 1.165) is 12.8 Å². The number of benzene rings is 2. The van der Waals surface area contributed by atoms with Gasteiger partial charge in [-0.05, 0) is 43.2 Å². The molecule has 0 N–H and O–H groups in total. The quantitative estimate of drug-likeness (QED) is 0.646. The van der Waals surface area contributed by atoms with E-state index in [1.165, 1.54) is 11.8 Å². The van der Waals surface area contributed by atoms with Gasteiger partial charge in [-0.2, -0.15) is 0 Å². The average molecular weight is 371 g/mol. The summed E-state index contributed by atoms with van der Waals surface area (Å²) in [5, 5.41) is 1.49. The lowest BCUT2D eigenvalue weighted by Gasteiger charge is -2.15. The number of halogens is 1. The van der Waals surface area contributed by atoms with Gasteiger partial charge < -0.3 is 0 Å². The molecule has 1 aromatic heterocycles. The zero-order valence-electron chi connectivity index (χ0n) is 13.3. The van der Waals surface area contributed by atoms with Crippen molar-refractivity contribution in [1.82, 2.24) is 9.55 Å². The van der Waals surface area contributed by atoms with E-state index in [1.807, 2.05) is 24.3 Å². The van der Waals surface area contributed by atoms with Gasteiger partial charge in [-0.1, -0.05) is 41.6 Å². The van der Waals surface area contributed by atoms with Gasteiger partial charge in [0.25, 0.3) is 5.56 Å². The van der Waals surface area contributed by atoms with Crippen molar-refractivity contribution in [2.45, 2.75) is 29.7 Å². The minimum Gasteiger partial charge on any atom is -0.298 e. The highest BCUT2D eigenvalue weighted by molar-refractivity contribution is 8.00. The predicted octanol–water partition coefficient (Wildman–Crippen LogP) is 4.25. The standard InChI is InChI=1S/C19H15ClN2O2S/c20-12-5-3-6-13(11-12)22-18(24)14-7-1-2-8-15(14)21-19(22)25-17-10-4-9-16(17)23/h1-3,5-8,11,17H,4,9-10H2/t17-/m1/s1. The lowest BCUT2D eigenvalue weighted by atomic mass is 10.2. The summed E-state index contributed by atoms with van der Waals surface area (Å²) in [6.45, 7) is 0. The molecule has 1 aliphatic rings. The van der Waals surface area contributed by atoms with Crippen molar-refractivity contribution in [3.05, 3.63) is 63.9 Å². The molecule has 1 fully saturated rings. The van der Waals surface area contributed by atoms with E-state index in [0.29, 0.717) is 33.2 Å². The maximum atomic E-state index is 13.1. The molecule has 6 heteroatoms. The summed E-state index contributed by atoms with van der Waals surface area (Å²) in [7, 11) is 0. The fourth-order valence-corrected chi connectivity index (χ4v) is 4.49. The maximum Gasteiger partial charge on any atom is 0.266 e. The first-order valence-corrected chi connectivity index (χ1v) is 9.36. The first kappa shape index (κ1) is 16.4. The molecule has 4 rings (SSSR count).